The van der Waals surface area contributed by atoms with Crippen molar-refractivity contribution in [2.45, 2.75) is 25.0 Å². The number of rotatable bonds is 6. The molecule has 5 rings (SSSR count). The van der Waals surface area contributed by atoms with Gasteiger partial charge in [0, 0.05) is 36.0 Å². The Balaban J connectivity index is 1.26. The Kier molecular flexibility index (Phi) is 5.53. The second kappa shape index (κ2) is 8.77. The zero-order chi connectivity index (χ0) is 21.9. The molecule has 2 bridgehead atoms. The van der Waals surface area contributed by atoms with Crippen molar-refractivity contribution in [3.63, 3.8) is 0 Å². The van der Waals surface area contributed by atoms with Crippen LogP contribution in [0.15, 0.2) is 60.8 Å². The Morgan fingerprint density at radius 2 is 1.97 bits per heavy atom. The highest BCUT2D eigenvalue weighted by atomic mass is 16.5. The van der Waals surface area contributed by atoms with Crippen LogP contribution in [0.5, 0.6) is 0 Å². The normalized spacial score (nSPS) is 19.0. The van der Waals surface area contributed by atoms with Crippen molar-refractivity contribution in [2.24, 2.45) is 0 Å². The molecule has 0 spiro atoms. The fourth-order valence-corrected chi connectivity index (χ4v) is 4.36. The van der Waals surface area contributed by atoms with E-state index in [4.69, 9.17) is 15.0 Å². The van der Waals surface area contributed by atoms with Gasteiger partial charge in [-0.1, -0.05) is 24.3 Å². The number of fused-ring (bicyclic) bond motifs is 2. The number of anilines is 1. The molecule has 160 valence electrons. The molecule has 0 radical (unpaired) electrons. The summed E-state index contributed by atoms with van der Waals surface area (Å²) in [5.41, 5.74) is 4.64. The molecule has 0 saturated carbocycles. The summed E-state index contributed by atoms with van der Waals surface area (Å²) < 4.78 is 5.70. The van der Waals surface area contributed by atoms with Crippen LogP contribution >= 0.6 is 0 Å². The van der Waals surface area contributed by atoms with Crippen LogP contribution in [0.1, 0.15) is 28.2 Å². The van der Waals surface area contributed by atoms with Crippen LogP contribution in [0.3, 0.4) is 0 Å². The van der Waals surface area contributed by atoms with Crippen LogP contribution in [-0.2, 0) is 11.2 Å². The number of carbonyl (C=O) groups is 1. The van der Waals surface area contributed by atoms with Gasteiger partial charge in [-0.3, -0.25) is 4.79 Å². The number of aromatic nitrogens is 2. The van der Waals surface area contributed by atoms with Crippen molar-refractivity contribution < 1.29 is 9.53 Å². The standard InChI is InChI=1S/C25H23N5O2/c26-10-12-28-25(31)19-5-3-18(4-6-19)23-9-11-27-24(29-23)13-17-1-7-20(8-2-17)30-15-22-14-21(30)16-32-22/h1-9,11,21-22H,12-16H2,(H,28,31)/t21-,22-/m1/s1. The van der Waals surface area contributed by atoms with E-state index in [2.05, 4.69) is 39.5 Å². The maximum Gasteiger partial charge on any atom is 0.252 e. The van der Waals surface area contributed by atoms with Crippen LogP contribution in [0.25, 0.3) is 11.3 Å². The average Bonchev–Trinajstić information content (AvgIpc) is 3.47. The summed E-state index contributed by atoms with van der Waals surface area (Å²) in [5, 5.41) is 11.1. The van der Waals surface area contributed by atoms with E-state index >= 15 is 0 Å². The van der Waals surface area contributed by atoms with Crippen LogP contribution < -0.4 is 10.2 Å². The molecule has 7 nitrogen and oxygen atoms in total. The van der Waals surface area contributed by atoms with Gasteiger partial charge in [0.1, 0.15) is 12.4 Å². The van der Waals surface area contributed by atoms with Crippen LogP contribution in [-0.4, -0.2) is 47.7 Å². The number of hydrogen-bond donors (Lipinski definition) is 1. The van der Waals surface area contributed by atoms with Gasteiger partial charge in [0.05, 0.1) is 30.5 Å². The number of morpholine rings is 1. The van der Waals surface area contributed by atoms with Gasteiger partial charge in [0.2, 0.25) is 0 Å². The predicted molar refractivity (Wildman–Crippen MR) is 120 cm³/mol. The number of amides is 1. The molecule has 2 saturated heterocycles. The molecule has 2 aliphatic rings. The second-order valence-electron chi connectivity index (χ2n) is 8.12. The van der Waals surface area contributed by atoms with Gasteiger partial charge < -0.3 is 15.0 Å². The van der Waals surface area contributed by atoms with Crippen molar-refractivity contribution in [3.8, 4) is 17.3 Å². The quantitative estimate of drug-likeness (QED) is 0.611. The van der Waals surface area contributed by atoms with E-state index in [0.717, 1.165) is 42.2 Å². The topological polar surface area (TPSA) is 91.1 Å². The van der Waals surface area contributed by atoms with Gasteiger partial charge in [0.25, 0.3) is 5.91 Å². The van der Waals surface area contributed by atoms with Gasteiger partial charge >= 0.3 is 0 Å². The van der Waals surface area contributed by atoms with E-state index in [1.807, 2.05) is 24.3 Å². The number of benzene rings is 2. The summed E-state index contributed by atoms with van der Waals surface area (Å²) in [4.78, 5) is 23.6. The van der Waals surface area contributed by atoms with Gasteiger partial charge in [-0.15, -0.1) is 0 Å². The Morgan fingerprint density at radius 3 is 2.66 bits per heavy atom. The number of nitrogens with one attached hydrogen (secondary N) is 1. The molecule has 1 N–H and O–H groups in total. The van der Waals surface area contributed by atoms with E-state index in [0.29, 0.717) is 24.1 Å². The third-order valence-corrected chi connectivity index (χ3v) is 6.01. The van der Waals surface area contributed by atoms with Crippen molar-refractivity contribution in [1.29, 1.82) is 5.26 Å². The first-order chi connectivity index (χ1) is 15.7. The number of nitriles is 1. The molecule has 1 amide bonds. The average molecular weight is 425 g/mol. The highest BCUT2D eigenvalue weighted by Crippen LogP contribution is 2.32. The summed E-state index contributed by atoms with van der Waals surface area (Å²) in [7, 11) is 0. The molecule has 0 aliphatic carbocycles. The van der Waals surface area contributed by atoms with E-state index in [9.17, 15) is 4.79 Å². The molecule has 3 aromatic rings. The predicted octanol–water partition coefficient (Wildman–Crippen LogP) is 2.97. The molecule has 32 heavy (non-hydrogen) atoms. The smallest absolute Gasteiger partial charge is 0.252 e. The van der Waals surface area contributed by atoms with Crippen molar-refractivity contribution in [1.82, 2.24) is 15.3 Å². The first kappa shape index (κ1) is 20.2. The van der Waals surface area contributed by atoms with Crippen molar-refractivity contribution in [2.75, 3.05) is 24.6 Å². The zero-order valence-corrected chi connectivity index (χ0v) is 17.6. The summed E-state index contributed by atoms with van der Waals surface area (Å²) in [6, 6.07) is 20.1. The lowest BCUT2D eigenvalue weighted by atomic mass is 10.1. The number of nitrogens with zero attached hydrogens (tertiary/aromatic N) is 4. The zero-order valence-electron chi connectivity index (χ0n) is 17.6. The maximum absolute atomic E-state index is 12.0. The molecule has 7 heteroatoms. The minimum atomic E-state index is -0.265. The Labute approximate surface area is 186 Å². The van der Waals surface area contributed by atoms with Crippen molar-refractivity contribution in [3.05, 3.63) is 77.7 Å². The summed E-state index contributed by atoms with van der Waals surface area (Å²) in [6.07, 6.45) is 3.93. The monoisotopic (exact) mass is 425 g/mol. The molecule has 2 aromatic carbocycles. The summed E-state index contributed by atoms with van der Waals surface area (Å²) >= 11 is 0. The molecule has 2 aliphatic heterocycles. The Morgan fingerprint density at radius 1 is 1.16 bits per heavy atom. The SMILES string of the molecule is N#CCNC(=O)c1ccc(-c2ccnc(Cc3ccc(N4C[C@H]5C[C@@H]4CO5)cc3)n2)cc1. The molecule has 2 atom stereocenters. The lowest BCUT2D eigenvalue weighted by molar-refractivity contribution is 0.0958. The third-order valence-electron chi connectivity index (χ3n) is 6.01. The maximum atomic E-state index is 12.0. The minimum Gasteiger partial charge on any atom is -0.374 e. The lowest BCUT2D eigenvalue weighted by Crippen LogP contribution is -2.36. The summed E-state index contributed by atoms with van der Waals surface area (Å²) in [5.74, 6) is 0.485. The first-order valence-electron chi connectivity index (χ1n) is 10.7. The van der Waals surface area contributed by atoms with E-state index < -0.39 is 0 Å². The van der Waals surface area contributed by atoms with E-state index in [1.54, 1.807) is 18.3 Å². The van der Waals surface area contributed by atoms with Crippen LogP contribution in [0.2, 0.25) is 0 Å². The molecular formula is C25H23N5O2. The largest absolute Gasteiger partial charge is 0.374 e. The lowest BCUT2D eigenvalue weighted by Gasteiger charge is -2.29. The number of hydrogen-bond acceptors (Lipinski definition) is 6. The van der Waals surface area contributed by atoms with Crippen LogP contribution in [0.4, 0.5) is 5.69 Å². The molecule has 0 unspecified atom stereocenters. The first-order valence-corrected chi connectivity index (χ1v) is 10.7. The summed E-state index contributed by atoms with van der Waals surface area (Å²) in [6.45, 7) is 1.80. The number of carbonyl (C=O) groups excluding carboxylic acids is 1. The van der Waals surface area contributed by atoms with E-state index in [-0.39, 0.29) is 12.5 Å². The van der Waals surface area contributed by atoms with Gasteiger partial charge in [-0.25, -0.2) is 9.97 Å². The number of ether oxygens (including phenoxy) is 1. The molecular weight excluding hydrogens is 402 g/mol. The fourth-order valence-electron chi connectivity index (χ4n) is 4.36. The van der Waals surface area contributed by atoms with Gasteiger partial charge in [-0.2, -0.15) is 5.26 Å². The molecule has 2 fully saturated rings. The van der Waals surface area contributed by atoms with Crippen molar-refractivity contribution >= 4 is 11.6 Å². The molecule has 1 aromatic heterocycles. The Hall–Kier alpha value is -3.76. The minimum absolute atomic E-state index is 0.00954. The van der Waals surface area contributed by atoms with Gasteiger partial charge in [-0.05, 0) is 42.3 Å². The third kappa shape index (κ3) is 4.18. The second-order valence-corrected chi connectivity index (χ2v) is 8.12. The highest BCUT2D eigenvalue weighted by Gasteiger charge is 2.38. The highest BCUT2D eigenvalue weighted by molar-refractivity contribution is 5.94. The van der Waals surface area contributed by atoms with Crippen LogP contribution in [0, 0.1) is 11.3 Å². The Bertz CT molecular complexity index is 1150. The van der Waals surface area contributed by atoms with Gasteiger partial charge in [0.15, 0.2) is 0 Å². The fraction of sp³-hybridized carbons (Fsp3) is 0.280. The molecule has 3 heterocycles. The van der Waals surface area contributed by atoms with E-state index in [1.165, 1.54) is 5.69 Å².